The Morgan fingerprint density at radius 1 is 0.806 bits per heavy atom. The molecular formula is C25H19Cl3N2O. The summed E-state index contributed by atoms with van der Waals surface area (Å²) < 4.78 is 6.12. The van der Waals surface area contributed by atoms with Crippen molar-refractivity contribution in [2.24, 2.45) is 5.10 Å². The topological polar surface area (TPSA) is 33.6 Å². The van der Waals surface area contributed by atoms with Gasteiger partial charge in [0, 0.05) is 26.2 Å². The number of ether oxygens (including phenoxy) is 1. The van der Waals surface area contributed by atoms with E-state index >= 15 is 0 Å². The van der Waals surface area contributed by atoms with Crippen molar-refractivity contribution in [1.82, 2.24) is 5.43 Å². The first kappa shape index (κ1) is 21.5. The molecule has 6 heteroatoms. The summed E-state index contributed by atoms with van der Waals surface area (Å²) in [7, 11) is 0. The van der Waals surface area contributed by atoms with E-state index in [4.69, 9.17) is 39.5 Å². The molecular weight excluding hydrogens is 451 g/mol. The summed E-state index contributed by atoms with van der Waals surface area (Å²) in [6.45, 7) is 0.847. The average molecular weight is 470 g/mol. The van der Waals surface area contributed by atoms with Gasteiger partial charge in [-0.1, -0.05) is 83.3 Å². The lowest BCUT2D eigenvalue weighted by molar-refractivity contribution is 0.306. The van der Waals surface area contributed by atoms with Gasteiger partial charge in [0.2, 0.25) is 0 Å². The van der Waals surface area contributed by atoms with Gasteiger partial charge >= 0.3 is 0 Å². The minimum absolute atomic E-state index is 0.417. The summed E-state index contributed by atoms with van der Waals surface area (Å²) in [5.74, 6) is 0.745. The number of benzene rings is 4. The Morgan fingerprint density at radius 2 is 1.55 bits per heavy atom. The molecule has 4 aromatic carbocycles. The molecule has 0 aliphatic heterocycles. The van der Waals surface area contributed by atoms with E-state index < -0.39 is 0 Å². The van der Waals surface area contributed by atoms with E-state index in [1.165, 1.54) is 0 Å². The van der Waals surface area contributed by atoms with Crippen molar-refractivity contribution in [3.05, 3.63) is 111 Å². The fraction of sp³-hybridized carbons (Fsp3) is 0.0800. The lowest BCUT2D eigenvalue weighted by Crippen LogP contribution is -2.07. The van der Waals surface area contributed by atoms with Gasteiger partial charge in [0.15, 0.2) is 0 Å². The fourth-order valence-corrected chi connectivity index (χ4v) is 3.87. The number of hydrogen-bond donors (Lipinski definition) is 1. The van der Waals surface area contributed by atoms with Gasteiger partial charge in [0.1, 0.15) is 12.4 Å². The van der Waals surface area contributed by atoms with Crippen LogP contribution in [0.1, 0.15) is 16.7 Å². The maximum Gasteiger partial charge on any atom is 0.129 e. The molecule has 0 radical (unpaired) electrons. The number of halogens is 3. The van der Waals surface area contributed by atoms with E-state index in [9.17, 15) is 0 Å². The van der Waals surface area contributed by atoms with Crippen LogP contribution in [0.3, 0.4) is 0 Å². The molecule has 1 N–H and O–H groups in total. The van der Waals surface area contributed by atoms with Crippen LogP contribution in [0.15, 0.2) is 84.0 Å². The third-order valence-electron chi connectivity index (χ3n) is 4.84. The second kappa shape index (κ2) is 10.1. The number of nitrogens with one attached hydrogen (secondary N) is 1. The molecule has 4 aromatic rings. The van der Waals surface area contributed by atoms with E-state index in [-0.39, 0.29) is 0 Å². The summed E-state index contributed by atoms with van der Waals surface area (Å²) in [6.07, 6.45) is 1.77. The molecule has 3 nitrogen and oxygen atoms in total. The van der Waals surface area contributed by atoms with E-state index in [0.717, 1.165) is 33.2 Å². The van der Waals surface area contributed by atoms with Gasteiger partial charge < -0.3 is 10.2 Å². The Labute approximate surface area is 196 Å². The minimum atomic E-state index is 0.417. The van der Waals surface area contributed by atoms with E-state index in [1.807, 2.05) is 66.7 Å². The predicted molar refractivity (Wildman–Crippen MR) is 131 cm³/mol. The van der Waals surface area contributed by atoms with E-state index in [2.05, 4.69) is 22.7 Å². The number of rotatable bonds is 7. The maximum absolute atomic E-state index is 6.23. The summed E-state index contributed by atoms with van der Waals surface area (Å²) in [5.41, 5.74) is 5.77. The zero-order chi connectivity index (χ0) is 21.6. The lowest BCUT2D eigenvalue weighted by atomic mass is 10.0. The van der Waals surface area contributed by atoms with Crippen molar-refractivity contribution in [2.45, 2.75) is 13.2 Å². The molecule has 0 spiro atoms. The van der Waals surface area contributed by atoms with Gasteiger partial charge in [-0.15, -0.1) is 0 Å². The first-order valence-corrected chi connectivity index (χ1v) is 10.8. The standard InChI is InChI=1S/C25H19Cl3N2O/c26-19-11-8-17(9-12-19)16-31-25-13-10-18-4-1-2-5-20(18)21(25)14-29-30-15-22-23(27)6-3-7-24(22)28/h1-14,30H,15-16H2/b29-14-. The van der Waals surface area contributed by atoms with Crippen LogP contribution in [0, 0.1) is 0 Å². The minimum Gasteiger partial charge on any atom is -0.488 e. The van der Waals surface area contributed by atoms with Crippen molar-refractivity contribution in [3.8, 4) is 5.75 Å². The van der Waals surface area contributed by atoms with Crippen LogP contribution in [0.2, 0.25) is 15.1 Å². The van der Waals surface area contributed by atoms with Crippen LogP contribution in [-0.2, 0) is 13.2 Å². The fourth-order valence-electron chi connectivity index (χ4n) is 3.21. The zero-order valence-corrected chi connectivity index (χ0v) is 18.8. The Bertz CT molecular complexity index is 1200. The molecule has 4 rings (SSSR count). The van der Waals surface area contributed by atoms with Gasteiger partial charge in [-0.05, 0) is 46.7 Å². The molecule has 31 heavy (non-hydrogen) atoms. The Hall–Kier alpha value is -2.72. The Kier molecular flexibility index (Phi) is 6.98. The second-order valence-electron chi connectivity index (χ2n) is 6.91. The average Bonchev–Trinajstić information content (AvgIpc) is 2.78. The monoisotopic (exact) mass is 468 g/mol. The largest absolute Gasteiger partial charge is 0.488 e. The highest BCUT2D eigenvalue weighted by Crippen LogP contribution is 2.28. The SMILES string of the molecule is Clc1ccc(COc2ccc3ccccc3c2/C=N\NCc2c(Cl)cccc2Cl)cc1. The van der Waals surface area contributed by atoms with Crippen LogP contribution in [0.5, 0.6) is 5.75 Å². The molecule has 0 aliphatic carbocycles. The molecule has 156 valence electrons. The number of nitrogens with zero attached hydrogens (tertiary/aromatic N) is 1. The number of hydrazone groups is 1. The number of fused-ring (bicyclic) bond motifs is 1. The third kappa shape index (κ3) is 5.31. The van der Waals surface area contributed by atoms with Crippen LogP contribution in [-0.4, -0.2) is 6.21 Å². The van der Waals surface area contributed by atoms with Crippen molar-refractivity contribution in [1.29, 1.82) is 0 Å². The Morgan fingerprint density at radius 3 is 2.32 bits per heavy atom. The van der Waals surface area contributed by atoms with Gasteiger partial charge in [0.25, 0.3) is 0 Å². The summed E-state index contributed by atoms with van der Waals surface area (Å²) >= 11 is 18.4. The molecule has 0 aromatic heterocycles. The summed E-state index contributed by atoms with van der Waals surface area (Å²) in [5, 5.41) is 8.48. The van der Waals surface area contributed by atoms with Crippen LogP contribution < -0.4 is 10.2 Å². The van der Waals surface area contributed by atoms with Crippen LogP contribution in [0.25, 0.3) is 10.8 Å². The van der Waals surface area contributed by atoms with Crippen molar-refractivity contribution in [3.63, 3.8) is 0 Å². The first-order valence-electron chi connectivity index (χ1n) is 9.69. The van der Waals surface area contributed by atoms with E-state index in [1.54, 1.807) is 6.21 Å². The highest BCUT2D eigenvalue weighted by molar-refractivity contribution is 6.36. The molecule has 0 unspecified atom stereocenters. The third-order valence-corrected chi connectivity index (χ3v) is 5.80. The molecule has 0 atom stereocenters. The van der Waals surface area contributed by atoms with Gasteiger partial charge in [-0.2, -0.15) is 5.10 Å². The Balaban J connectivity index is 1.56. The highest BCUT2D eigenvalue weighted by Gasteiger charge is 2.08. The normalized spacial score (nSPS) is 11.2. The lowest BCUT2D eigenvalue weighted by Gasteiger charge is -2.12. The van der Waals surface area contributed by atoms with Gasteiger partial charge in [-0.25, -0.2) is 0 Å². The van der Waals surface area contributed by atoms with Gasteiger partial charge in [-0.3, -0.25) is 0 Å². The predicted octanol–water partition coefficient (Wildman–Crippen LogP) is 7.50. The van der Waals surface area contributed by atoms with Crippen LogP contribution in [0.4, 0.5) is 0 Å². The molecule has 0 bridgehead atoms. The molecule has 0 aliphatic rings. The molecule has 0 fully saturated rings. The maximum atomic E-state index is 6.23. The molecule has 0 amide bonds. The first-order chi connectivity index (χ1) is 15.1. The van der Waals surface area contributed by atoms with Crippen molar-refractivity contribution < 1.29 is 4.74 Å². The molecule has 0 heterocycles. The smallest absolute Gasteiger partial charge is 0.129 e. The zero-order valence-electron chi connectivity index (χ0n) is 16.5. The molecule has 0 saturated carbocycles. The van der Waals surface area contributed by atoms with Gasteiger partial charge in [0.05, 0.1) is 12.8 Å². The van der Waals surface area contributed by atoms with Crippen molar-refractivity contribution >= 4 is 51.8 Å². The summed E-state index contributed by atoms with van der Waals surface area (Å²) in [4.78, 5) is 0. The molecule has 0 saturated heterocycles. The second-order valence-corrected chi connectivity index (χ2v) is 8.16. The number of hydrogen-bond acceptors (Lipinski definition) is 3. The van der Waals surface area contributed by atoms with E-state index in [0.29, 0.717) is 28.2 Å². The van der Waals surface area contributed by atoms with Crippen LogP contribution >= 0.6 is 34.8 Å². The highest BCUT2D eigenvalue weighted by atomic mass is 35.5. The van der Waals surface area contributed by atoms with Crippen molar-refractivity contribution in [2.75, 3.05) is 0 Å². The summed E-state index contributed by atoms with van der Waals surface area (Å²) in [6, 6.07) is 25.2. The quantitative estimate of drug-likeness (QED) is 0.224.